The van der Waals surface area contributed by atoms with Crippen LogP contribution in [0.15, 0.2) is 36.4 Å². The molecule has 5 rings (SSSR count). The van der Waals surface area contributed by atoms with E-state index in [0.29, 0.717) is 23.5 Å². The van der Waals surface area contributed by atoms with Crippen LogP contribution in [0, 0.1) is 0 Å². The maximum absolute atomic E-state index is 13.7. The monoisotopic (exact) mass is 420 g/mol. The fourth-order valence-electron chi connectivity index (χ4n) is 4.88. The van der Waals surface area contributed by atoms with Crippen molar-refractivity contribution >= 4 is 22.8 Å². The van der Waals surface area contributed by atoms with Gasteiger partial charge in [0, 0.05) is 23.0 Å². The molecule has 2 aliphatic rings. The molecular weight excluding hydrogens is 396 g/mol. The number of amides is 1. The molecule has 0 radical (unpaired) electrons. The second kappa shape index (κ2) is 7.04. The van der Waals surface area contributed by atoms with Crippen molar-refractivity contribution in [3.8, 4) is 11.5 Å². The van der Waals surface area contributed by atoms with Gasteiger partial charge >= 0.3 is 5.97 Å². The molecule has 0 saturated heterocycles. The Balaban J connectivity index is 1.76. The first kappa shape index (κ1) is 19.5. The minimum absolute atomic E-state index is 0.259. The molecule has 1 N–H and O–H groups in total. The maximum atomic E-state index is 13.7. The Morgan fingerprint density at radius 3 is 2.61 bits per heavy atom. The molecular formula is C24H24N2O5. The minimum Gasteiger partial charge on any atom is -0.493 e. The molecule has 0 unspecified atom stereocenters. The second-order valence-corrected chi connectivity index (χ2v) is 8.15. The number of aromatic nitrogens is 1. The highest BCUT2D eigenvalue weighted by Crippen LogP contribution is 2.50. The number of nitrogens with one attached hydrogen (secondary N) is 1. The van der Waals surface area contributed by atoms with Crippen molar-refractivity contribution < 1.29 is 23.8 Å². The summed E-state index contributed by atoms with van der Waals surface area (Å²) in [5.74, 6) is 0.203. The van der Waals surface area contributed by atoms with Gasteiger partial charge in [0.2, 0.25) is 0 Å². The van der Waals surface area contributed by atoms with E-state index >= 15 is 0 Å². The van der Waals surface area contributed by atoms with Gasteiger partial charge in [0.15, 0.2) is 11.5 Å². The van der Waals surface area contributed by atoms with Crippen LogP contribution in [0.1, 0.15) is 47.1 Å². The van der Waals surface area contributed by atoms with Crippen molar-refractivity contribution in [2.75, 3.05) is 14.2 Å². The summed E-state index contributed by atoms with van der Waals surface area (Å²) in [5.41, 5.74) is 4.16. The molecule has 0 saturated carbocycles. The maximum Gasteiger partial charge on any atom is 0.329 e. The largest absolute Gasteiger partial charge is 0.493 e. The second-order valence-electron chi connectivity index (χ2n) is 8.15. The number of methoxy groups -OCH3 is 2. The highest BCUT2D eigenvalue weighted by atomic mass is 16.5. The van der Waals surface area contributed by atoms with E-state index in [1.165, 1.54) is 14.2 Å². The van der Waals surface area contributed by atoms with Gasteiger partial charge < -0.3 is 24.1 Å². The van der Waals surface area contributed by atoms with Gasteiger partial charge in [0.05, 0.1) is 31.9 Å². The lowest BCUT2D eigenvalue weighted by molar-refractivity contribution is -0.153. The number of carbonyl (C=O) groups excluding carboxylic acids is 2. The summed E-state index contributed by atoms with van der Waals surface area (Å²) in [6.45, 7) is 3.62. The number of fused-ring (bicyclic) bond motifs is 7. The molecule has 0 spiro atoms. The van der Waals surface area contributed by atoms with Gasteiger partial charge in [-0.3, -0.25) is 4.79 Å². The van der Waals surface area contributed by atoms with Gasteiger partial charge in [0.1, 0.15) is 6.04 Å². The minimum atomic E-state index is -0.727. The van der Waals surface area contributed by atoms with Gasteiger partial charge in [0.25, 0.3) is 5.91 Å². The lowest BCUT2D eigenvalue weighted by Crippen LogP contribution is -2.49. The average Bonchev–Trinajstić information content (AvgIpc) is 3.27. The third-order valence-electron chi connectivity index (χ3n) is 6.08. The Morgan fingerprint density at radius 2 is 1.90 bits per heavy atom. The Labute approximate surface area is 179 Å². The lowest BCUT2D eigenvalue weighted by Gasteiger charge is -2.36. The normalized spacial score (nSPS) is 19.3. The molecule has 7 heteroatoms. The van der Waals surface area contributed by atoms with Gasteiger partial charge in [-0.15, -0.1) is 0 Å². The summed E-state index contributed by atoms with van der Waals surface area (Å²) in [5, 5.41) is 1.06. The molecule has 3 aromatic rings. The lowest BCUT2D eigenvalue weighted by atomic mass is 9.90. The Bertz CT molecular complexity index is 1210. The molecule has 2 aliphatic heterocycles. The number of H-pyrrole nitrogens is 1. The third kappa shape index (κ3) is 2.72. The summed E-state index contributed by atoms with van der Waals surface area (Å²) in [6, 6.07) is 10.5. The summed E-state index contributed by atoms with van der Waals surface area (Å²) < 4.78 is 16.5. The van der Waals surface area contributed by atoms with Crippen LogP contribution in [-0.4, -0.2) is 48.1 Å². The highest BCUT2D eigenvalue weighted by Gasteiger charge is 2.51. The zero-order valence-corrected chi connectivity index (χ0v) is 17.9. The van der Waals surface area contributed by atoms with E-state index in [9.17, 15) is 9.59 Å². The third-order valence-corrected chi connectivity index (χ3v) is 6.08. The van der Waals surface area contributed by atoms with Crippen molar-refractivity contribution in [1.29, 1.82) is 0 Å². The van der Waals surface area contributed by atoms with E-state index < -0.39 is 18.1 Å². The number of para-hydroxylation sites is 1. The van der Waals surface area contributed by atoms with Crippen molar-refractivity contribution in [2.45, 2.75) is 38.5 Å². The van der Waals surface area contributed by atoms with Crippen molar-refractivity contribution in [3.05, 3.63) is 58.8 Å². The molecule has 0 fully saturated rings. The van der Waals surface area contributed by atoms with Gasteiger partial charge in [-0.2, -0.15) is 0 Å². The zero-order valence-electron chi connectivity index (χ0n) is 17.9. The molecule has 1 amide bonds. The van der Waals surface area contributed by atoms with Crippen molar-refractivity contribution in [2.24, 2.45) is 0 Å². The highest BCUT2D eigenvalue weighted by molar-refractivity contribution is 6.06. The number of ether oxygens (including phenoxy) is 3. The Morgan fingerprint density at radius 1 is 1.13 bits per heavy atom. The average molecular weight is 420 g/mol. The summed E-state index contributed by atoms with van der Waals surface area (Å²) in [4.78, 5) is 31.9. The number of esters is 1. The molecule has 3 heterocycles. The first-order valence-electron chi connectivity index (χ1n) is 10.3. The molecule has 31 heavy (non-hydrogen) atoms. The number of nitrogens with zero attached hydrogens (tertiary/aromatic N) is 1. The predicted octanol–water partition coefficient (Wildman–Crippen LogP) is 3.61. The van der Waals surface area contributed by atoms with Crippen molar-refractivity contribution in [1.82, 2.24) is 9.88 Å². The molecule has 0 aliphatic carbocycles. The smallest absolute Gasteiger partial charge is 0.329 e. The molecule has 0 bridgehead atoms. The number of hydrogen-bond acceptors (Lipinski definition) is 5. The van der Waals surface area contributed by atoms with E-state index in [4.69, 9.17) is 14.2 Å². The molecule has 1 aromatic heterocycles. The molecule has 7 nitrogen and oxygen atoms in total. The van der Waals surface area contributed by atoms with Crippen LogP contribution in [0.5, 0.6) is 11.5 Å². The number of benzene rings is 2. The van der Waals surface area contributed by atoms with E-state index in [-0.39, 0.29) is 12.0 Å². The standard InChI is InChI=1S/C24H24N2O5/c1-12(2)31-24(28)17-11-15-13-7-5-6-8-16(13)25-20(15)21-14-9-10-18(29-3)22(30-4)19(14)23(27)26(17)21/h5-10,12,17,21,25H,11H2,1-4H3/t17-,21-/m1/s1. The topological polar surface area (TPSA) is 80.9 Å². The van der Waals surface area contributed by atoms with Crippen LogP contribution in [0.3, 0.4) is 0 Å². The SMILES string of the molecule is COc1ccc2c(c1OC)C(=O)N1[C@H]2c2[nH]c3ccccc3c2C[C@@H]1C(=O)OC(C)C. The van der Waals surface area contributed by atoms with E-state index in [0.717, 1.165) is 27.7 Å². The number of aromatic amines is 1. The van der Waals surface area contributed by atoms with Crippen LogP contribution < -0.4 is 9.47 Å². The van der Waals surface area contributed by atoms with Gasteiger partial charge in [-0.05, 0) is 37.1 Å². The van der Waals surface area contributed by atoms with Crippen LogP contribution in [0.25, 0.3) is 10.9 Å². The van der Waals surface area contributed by atoms with E-state index in [2.05, 4.69) is 4.98 Å². The summed E-state index contributed by atoms with van der Waals surface area (Å²) in [7, 11) is 3.05. The zero-order chi connectivity index (χ0) is 21.9. The number of rotatable bonds is 4. The summed E-state index contributed by atoms with van der Waals surface area (Å²) >= 11 is 0. The van der Waals surface area contributed by atoms with E-state index in [1.54, 1.807) is 11.0 Å². The van der Waals surface area contributed by atoms with Crippen LogP contribution in [0.4, 0.5) is 0 Å². The Hall–Kier alpha value is -3.48. The fourth-order valence-corrected chi connectivity index (χ4v) is 4.88. The first-order valence-corrected chi connectivity index (χ1v) is 10.3. The predicted molar refractivity (Wildman–Crippen MR) is 115 cm³/mol. The van der Waals surface area contributed by atoms with Crippen LogP contribution in [-0.2, 0) is 16.0 Å². The van der Waals surface area contributed by atoms with Gasteiger partial charge in [-0.25, -0.2) is 4.79 Å². The van der Waals surface area contributed by atoms with Crippen LogP contribution >= 0.6 is 0 Å². The molecule has 160 valence electrons. The number of hydrogen-bond donors (Lipinski definition) is 1. The van der Waals surface area contributed by atoms with Crippen molar-refractivity contribution in [3.63, 3.8) is 0 Å². The molecule has 2 atom stereocenters. The fraction of sp³-hybridized carbons (Fsp3) is 0.333. The summed E-state index contributed by atoms with van der Waals surface area (Å²) in [6.07, 6.45) is 0.116. The molecule has 2 aromatic carbocycles. The van der Waals surface area contributed by atoms with E-state index in [1.807, 2.05) is 44.2 Å². The number of carbonyl (C=O) groups is 2. The Kier molecular flexibility index (Phi) is 4.43. The quantitative estimate of drug-likeness (QED) is 0.652. The van der Waals surface area contributed by atoms with Crippen LogP contribution in [0.2, 0.25) is 0 Å². The van der Waals surface area contributed by atoms with Gasteiger partial charge in [-0.1, -0.05) is 24.3 Å². The first-order chi connectivity index (χ1) is 15.0.